The molecule has 0 saturated carbocycles. The van der Waals surface area contributed by atoms with Crippen molar-refractivity contribution < 1.29 is 38.8 Å². The van der Waals surface area contributed by atoms with Crippen molar-refractivity contribution in [3.8, 4) is 0 Å². The van der Waals surface area contributed by atoms with Gasteiger partial charge in [0.2, 0.25) is 0 Å². The van der Waals surface area contributed by atoms with Gasteiger partial charge in [-0.15, -0.1) is 0 Å². The molecule has 0 aliphatic carbocycles. The molecule has 0 aromatic heterocycles. The molecule has 0 amide bonds. The zero-order chi connectivity index (χ0) is 0. The van der Waals surface area contributed by atoms with Gasteiger partial charge in [0.1, 0.15) is 0 Å². The Hall–Kier alpha value is 2.26. The van der Waals surface area contributed by atoms with Crippen molar-refractivity contribution in [2.75, 3.05) is 0 Å². The maximum absolute atomic E-state index is 0. The van der Waals surface area contributed by atoms with Crippen LogP contribution in [-0.2, 0) is 22.4 Å². The molecule has 0 aliphatic rings. The molecule has 5 heavy (non-hydrogen) atoms. The quantitative estimate of drug-likeness (QED) is 0.429. The Morgan fingerprint density at radius 2 is 0.600 bits per heavy atom. The summed E-state index contributed by atoms with van der Waals surface area (Å²) in [5, 5.41) is 0. The summed E-state index contributed by atoms with van der Waals surface area (Å²) < 4.78 is 0. The van der Waals surface area contributed by atoms with E-state index in [1.165, 1.54) is 0 Å². The molecule has 5 heteroatoms. The fraction of sp³-hybridized carbons (Fsp3) is 0. The molecule has 0 unspecified atom stereocenters. The Bertz CT molecular complexity index is 6.85. The van der Waals surface area contributed by atoms with E-state index in [9.17, 15) is 0 Å². The summed E-state index contributed by atoms with van der Waals surface area (Å²) >= 11 is 0. The minimum atomic E-state index is 0. The summed E-state index contributed by atoms with van der Waals surface area (Å²) in [7, 11) is 0. The summed E-state index contributed by atoms with van der Waals surface area (Å²) in [6.07, 6.45) is 0. The molecule has 0 spiro atoms. The predicted octanol–water partition coefficient (Wildman–Crippen LogP) is -2.86. The van der Waals surface area contributed by atoms with Gasteiger partial charge in [-0.25, -0.2) is 0 Å². The third-order valence-corrected chi connectivity index (χ3v) is 0. The zero-order valence-electron chi connectivity index (χ0n) is 2.80. The molecule has 6 N–H and O–H groups in total. The van der Waals surface area contributed by atoms with Crippen LogP contribution in [0.25, 0.3) is 0 Å². The second-order valence-electron chi connectivity index (χ2n) is 0. The van der Waals surface area contributed by atoms with Crippen LogP contribution in [0.5, 0.6) is 0 Å². The predicted molar refractivity (Wildman–Crippen MR) is 16.6 cm³/mol. The van der Waals surface area contributed by atoms with Gasteiger partial charge in [0.05, 0.1) is 0 Å². The van der Waals surface area contributed by atoms with Gasteiger partial charge < -0.3 is 16.4 Å². The minimum absolute atomic E-state index is 0. The first-order valence-electron chi connectivity index (χ1n) is 0. The molecule has 0 aliphatic heterocycles. The van der Waals surface area contributed by atoms with E-state index in [-0.39, 0.29) is 90.2 Å². The molecule has 0 saturated heterocycles. The molecule has 2 radical (unpaired) electrons. The van der Waals surface area contributed by atoms with Crippen molar-refractivity contribution in [3.63, 3.8) is 0 Å². The van der Waals surface area contributed by atoms with Crippen LogP contribution < -0.4 is 0 Å². The summed E-state index contributed by atoms with van der Waals surface area (Å²) in [6.45, 7) is 0. The van der Waals surface area contributed by atoms with Gasteiger partial charge in [-0.05, 0) is 0 Å². The van der Waals surface area contributed by atoms with E-state index in [1.807, 2.05) is 0 Å². The second-order valence-corrected chi connectivity index (χ2v) is 0. The largest absolute Gasteiger partial charge is 0.412 e. The van der Waals surface area contributed by atoms with Crippen LogP contribution in [0.1, 0.15) is 0 Å². The van der Waals surface area contributed by atoms with Gasteiger partial charge in [-0.3, -0.25) is 0 Å². The van der Waals surface area contributed by atoms with Gasteiger partial charge in [0, 0.05) is 73.8 Å². The smallest absolute Gasteiger partial charge is 0 e. The first-order valence-corrected chi connectivity index (χ1v) is 0. The minimum Gasteiger partial charge on any atom is -0.412 e. The standard InChI is InChI=1S/Au.K.3H2O/h;;3*1H2. The van der Waals surface area contributed by atoms with Gasteiger partial charge in [0.15, 0.2) is 0 Å². The zero-order valence-corrected chi connectivity index (χ0v) is 8.09. The summed E-state index contributed by atoms with van der Waals surface area (Å²) in [5.41, 5.74) is 0. The van der Waals surface area contributed by atoms with E-state index >= 15 is 0 Å². The topological polar surface area (TPSA) is 94.5 Å². The number of hydrogen-bond donors (Lipinski definition) is 0. The Labute approximate surface area is 88.4 Å². The van der Waals surface area contributed by atoms with E-state index in [0.717, 1.165) is 0 Å². The van der Waals surface area contributed by atoms with Gasteiger partial charge in [-0.1, -0.05) is 0 Å². The van der Waals surface area contributed by atoms with Crippen LogP contribution in [0.3, 0.4) is 0 Å². The van der Waals surface area contributed by atoms with Crippen LogP contribution in [0, 0.1) is 0 Å². The third kappa shape index (κ3) is 22.3. The van der Waals surface area contributed by atoms with E-state index in [4.69, 9.17) is 0 Å². The van der Waals surface area contributed by atoms with Crippen LogP contribution in [0.2, 0.25) is 0 Å². The normalized spacial score (nSPS) is 0. The summed E-state index contributed by atoms with van der Waals surface area (Å²) in [6, 6.07) is 0. The van der Waals surface area contributed by atoms with Gasteiger partial charge >= 0.3 is 0 Å². The maximum Gasteiger partial charge on any atom is 0 e. The fourth-order valence-electron chi connectivity index (χ4n) is 0. The average molecular weight is 290 g/mol. The molecule has 0 heterocycles. The summed E-state index contributed by atoms with van der Waals surface area (Å²) in [5.74, 6) is 0. The first kappa shape index (κ1) is 55.8. The van der Waals surface area contributed by atoms with Gasteiger partial charge in [-0.2, -0.15) is 0 Å². The van der Waals surface area contributed by atoms with E-state index < -0.39 is 0 Å². The Kier molecular flexibility index (Phi) is 379. The van der Waals surface area contributed by atoms with E-state index in [0.29, 0.717) is 0 Å². The molecular weight excluding hydrogens is 284 g/mol. The molecule has 0 atom stereocenters. The molecule has 0 aromatic carbocycles. The number of hydrogen-bond acceptors (Lipinski definition) is 0. The molecule has 0 rings (SSSR count). The van der Waals surface area contributed by atoms with E-state index in [1.54, 1.807) is 0 Å². The average Bonchev–Trinajstić information content (AvgIpc) is 0. The van der Waals surface area contributed by atoms with Crippen LogP contribution in [0.4, 0.5) is 0 Å². The molecule has 36 valence electrons. The van der Waals surface area contributed by atoms with E-state index in [2.05, 4.69) is 0 Å². The van der Waals surface area contributed by atoms with Crippen LogP contribution in [0.15, 0.2) is 0 Å². The van der Waals surface area contributed by atoms with Crippen molar-refractivity contribution in [2.24, 2.45) is 0 Å². The van der Waals surface area contributed by atoms with Crippen molar-refractivity contribution in [2.45, 2.75) is 0 Å². The van der Waals surface area contributed by atoms with Crippen molar-refractivity contribution in [3.05, 3.63) is 0 Å². The molecule has 0 fully saturated rings. The Morgan fingerprint density at radius 3 is 0.600 bits per heavy atom. The van der Waals surface area contributed by atoms with Gasteiger partial charge in [0.25, 0.3) is 0 Å². The fourth-order valence-corrected chi connectivity index (χ4v) is 0. The number of rotatable bonds is 0. The van der Waals surface area contributed by atoms with Crippen molar-refractivity contribution in [1.82, 2.24) is 0 Å². The second kappa shape index (κ2) is 33.9. The Balaban J connectivity index is 0. The molecule has 0 aromatic rings. The first-order chi connectivity index (χ1) is 0. The molecule has 0 bridgehead atoms. The Morgan fingerprint density at radius 1 is 0.600 bits per heavy atom. The van der Waals surface area contributed by atoms with Crippen molar-refractivity contribution in [1.29, 1.82) is 0 Å². The maximum atomic E-state index is 0. The van der Waals surface area contributed by atoms with Crippen molar-refractivity contribution >= 4 is 51.4 Å². The third-order valence-electron chi connectivity index (χ3n) is 0. The van der Waals surface area contributed by atoms with Crippen LogP contribution in [-0.4, -0.2) is 67.8 Å². The monoisotopic (exact) mass is 290 g/mol. The SMILES string of the molecule is O.O.O.[Au].[K]. The van der Waals surface area contributed by atoms with Crippen LogP contribution >= 0.6 is 0 Å². The molecule has 3 nitrogen and oxygen atoms in total. The summed E-state index contributed by atoms with van der Waals surface area (Å²) in [4.78, 5) is 0. The molecular formula is H6AuKO3.